The van der Waals surface area contributed by atoms with Crippen molar-refractivity contribution in [1.82, 2.24) is 20.9 Å². The number of nitrogens with one attached hydrogen (secondary N) is 4. The van der Waals surface area contributed by atoms with E-state index in [9.17, 15) is 20.4 Å². The Morgan fingerprint density at radius 1 is 0.923 bits per heavy atom. The summed E-state index contributed by atoms with van der Waals surface area (Å²) in [5, 5.41) is 55.6. The number of aromatic nitrogens is 1. The highest BCUT2D eigenvalue weighted by atomic mass is 16.6. The van der Waals surface area contributed by atoms with E-state index < -0.39 is 17.3 Å². The van der Waals surface area contributed by atoms with Gasteiger partial charge in [-0.25, -0.2) is 0 Å². The summed E-state index contributed by atoms with van der Waals surface area (Å²) in [5.41, 5.74) is 7.49. The number of H-pyrrole nitrogens is 1. The lowest BCUT2D eigenvalue weighted by Crippen LogP contribution is -2.56. The number of rotatable bonds is 17. The Morgan fingerprint density at radius 3 is 2.57 bits per heavy atom. The van der Waals surface area contributed by atoms with Gasteiger partial charge in [-0.05, 0) is 139 Å². The molecule has 0 spiro atoms. The summed E-state index contributed by atoms with van der Waals surface area (Å²) in [6.07, 6.45) is 10.7. The van der Waals surface area contributed by atoms with E-state index in [2.05, 4.69) is 59.0 Å². The van der Waals surface area contributed by atoms with E-state index in [0.29, 0.717) is 76.3 Å². The third kappa shape index (κ3) is 9.57. The molecule has 65 heavy (non-hydrogen) atoms. The van der Waals surface area contributed by atoms with Gasteiger partial charge in [0.1, 0.15) is 29.0 Å². The van der Waals surface area contributed by atoms with Crippen LogP contribution in [0.15, 0.2) is 66.9 Å². The van der Waals surface area contributed by atoms with Crippen LogP contribution in [0.4, 0.5) is 0 Å². The summed E-state index contributed by atoms with van der Waals surface area (Å²) < 4.78 is 27.4. The largest absolute Gasteiger partial charge is 0.508 e. The number of aromatic amines is 1. The molecular formula is C53H68N4O8. The van der Waals surface area contributed by atoms with Gasteiger partial charge in [-0.3, -0.25) is 5.32 Å². The predicted molar refractivity (Wildman–Crippen MR) is 253 cm³/mol. The van der Waals surface area contributed by atoms with Crippen LogP contribution in [0.1, 0.15) is 111 Å². The number of phenolic OH excluding ortho intramolecular Hbond substituents is 2. The van der Waals surface area contributed by atoms with Crippen LogP contribution in [0.5, 0.6) is 28.7 Å². The Labute approximate surface area is 383 Å². The molecule has 12 nitrogen and oxygen atoms in total. The number of methoxy groups -OCH3 is 1. The quantitative estimate of drug-likeness (QED) is 0.0336. The summed E-state index contributed by atoms with van der Waals surface area (Å²) in [4.78, 5) is 3.32. The fraction of sp³-hybridized carbons (Fsp3) is 0.509. The van der Waals surface area contributed by atoms with Gasteiger partial charge in [-0.1, -0.05) is 51.3 Å². The summed E-state index contributed by atoms with van der Waals surface area (Å²) >= 11 is 0. The van der Waals surface area contributed by atoms with Crippen molar-refractivity contribution in [1.29, 1.82) is 0 Å². The standard InChI is InChI=1S/C53H68N4O8/c1-32(2)25-52(3,61)28-54-30-55-29-53(63-31-57-37-8-6-5-7-9-37)26-44-43-22-36(21-33-10-16-45-34(20-33)18-19-56-45)42-24-38(59)12-14-40(42)48(43)50-41(15-13-39(27-58)64-50)49(44)65-51(53)35-11-17-46(60)47(23-35)62-4/h10-12,14,16-20,23-24,32,36-37,39,51,54-61H,5-9,13,15,21-22,25-31H2,1-4H3. The molecule has 1 aromatic heterocycles. The zero-order valence-corrected chi connectivity index (χ0v) is 38.5. The Morgan fingerprint density at radius 2 is 1.77 bits per heavy atom. The number of hydrogen-bond donors (Lipinski definition) is 8. The highest BCUT2D eigenvalue weighted by Gasteiger charge is 2.50. The number of aliphatic hydroxyl groups is 2. The molecule has 4 aliphatic rings. The van der Waals surface area contributed by atoms with Crippen molar-refractivity contribution < 1.29 is 39.4 Å². The topological polar surface area (TPSA) is 170 Å². The van der Waals surface area contributed by atoms with Gasteiger partial charge >= 0.3 is 0 Å². The first kappa shape index (κ1) is 45.3. The predicted octanol–water partition coefficient (Wildman–Crippen LogP) is 8.07. The number of aromatic hydroxyl groups is 2. The molecule has 5 atom stereocenters. The van der Waals surface area contributed by atoms with Crippen LogP contribution in [-0.2, 0) is 30.4 Å². The Hall–Kier alpha value is -4.82. The first-order valence-corrected chi connectivity index (χ1v) is 23.9. The number of fused-ring (bicyclic) bond motifs is 9. The van der Waals surface area contributed by atoms with Crippen molar-refractivity contribution in [3.05, 3.63) is 100 Å². The van der Waals surface area contributed by atoms with Crippen molar-refractivity contribution in [2.75, 3.05) is 40.2 Å². The number of hydrogen-bond acceptors (Lipinski definition) is 11. The molecule has 0 bridgehead atoms. The van der Waals surface area contributed by atoms with Crippen LogP contribution < -0.4 is 30.2 Å². The maximum Gasteiger partial charge on any atom is 0.160 e. The molecular weight excluding hydrogens is 821 g/mol. The van der Waals surface area contributed by atoms with E-state index in [4.69, 9.17) is 18.9 Å². The van der Waals surface area contributed by atoms with Gasteiger partial charge in [0.25, 0.3) is 0 Å². The van der Waals surface area contributed by atoms with Gasteiger partial charge in [0.2, 0.25) is 0 Å². The molecule has 0 saturated heterocycles. The van der Waals surface area contributed by atoms with Crippen molar-refractivity contribution in [3.63, 3.8) is 0 Å². The van der Waals surface area contributed by atoms with E-state index >= 15 is 0 Å². The smallest absolute Gasteiger partial charge is 0.160 e. The third-order valence-electron chi connectivity index (χ3n) is 14.3. The van der Waals surface area contributed by atoms with E-state index in [1.807, 2.05) is 37.4 Å². The molecule has 2 aliphatic heterocycles. The van der Waals surface area contributed by atoms with Crippen LogP contribution in [0.2, 0.25) is 0 Å². The van der Waals surface area contributed by atoms with Gasteiger partial charge < -0.3 is 55.0 Å². The summed E-state index contributed by atoms with van der Waals surface area (Å²) in [6, 6.07) is 20.1. The molecule has 5 aromatic rings. The molecule has 4 aromatic carbocycles. The first-order valence-electron chi connectivity index (χ1n) is 23.9. The minimum atomic E-state index is -0.978. The van der Waals surface area contributed by atoms with Gasteiger partial charge in [-0.15, -0.1) is 0 Å². The van der Waals surface area contributed by atoms with Crippen molar-refractivity contribution >= 4 is 10.9 Å². The van der Waals surface area contributed by atoms with Crippen molar-refractivity contribution in [2.45, 2.75) is 127 Å². The maximum absolute atomic E-state index is 11.2. The first-order chi connectivity index (χ1) is 31.4. The van der Waals surface area contributed by atoms with Gasteiger partial charge in [0, 0.05) is 60.6 Å². The van der Waals surface area contributed by atoms with E-state index in [0.717, 1.165) is 80.6 Å². The maximum atomic E-state index is 11.2. The van der Waals surface area contributed by atoms with Crippen LogP contribution in [-0.4, -0.2) is 89.0 Å². The molecule has 0 radical (unpaired) electrons. The number of ether oxygens (including phenoxy) is 4. The van der Waals surface area contributed by atoms with Gasteiger partial charge in [0.05, 0.1) is 26.0 Å². The van der Waals surface area contributed by atoms with Crippen LogP contribution >= 0.6 is 0 Å². The molecule has 9 rings (SSSR count). The molecule has 5 unspecified atom stereocenters. The molecule has 1 fully saturated rings. The Kier molecular flexibility index (Phi) is 13.4. The van der Waals surface area contributed by atoms with Gasteiger partial charge in [0.15, 0.2) is 17.6 Å². The van der Waals surface area contributed by atoms with Crippen molar-refractivity contribution in [2.24, 2.45) is 5.92 Å². The normalized spacial score (nSPS) is 22.6. The second-order valence-electron chi connectivity index (χ2n) is 19.8. The highest BCUT2D eigenvalue weighted by molar-refractivity contribution is 5.85. The number of aliphatic hydroxyl groups excluding tert-OH is 1. The van der Waals surface area contributed by atoms with Crippen molar-refractivity contribution in [3.8, 4) is 39.9 Å². The SMILES string of the molecule is COc1cc(C2Oc3c(c4c(c5c3CCC(CO)O5)-c3ccc(O)cc3C(Cc3ccc5[nH]ccc5c3)C4)CC2(CNCNCC(C)(O)CC(C)C)OCNC2CCCCC2)ccc1O. The Balaban J connectivity index is 1.17. The van der Waals surface area contributed by atoms with Crippen LogP contribution in [0.3, 0.4) is 0 Å². The minimum Gasteiger partial charge on any atom is -0.508 e. The molecule has 8 N–H and O–H groups in total. The molecule has 12 heteroatoms. The Bertz CT molecular complexity index is 2460. The fourth-order valence-corrected chi connectivity index (χ4v) is 11.3. The molecule has 0 amide bonds. The zero-order valence-electron chi connectivity index (χ0n) is 38.5. The minimum absolute atomic E-state index is 0.0173. The van der Waals surface area contributed by atoms with E-state index in [1.54, 1.807) is 19.2 Å². The van der Waals surface area contributed by atoms with E-state index in [-0.39, 0.29) is 30.1 Å². The molecule has 3 heterocycles. The monoisotopic (exact) mass is 889 g/mol. The lowest BCUT2D eigenvalue weighted by Gasteiger charge is -2.47. The summed E-state index contributed by atoms with van der Waals surface area (Å²) in [6.45, 7) is 7.57. The van der Waals surface area contributed by atoms with Crippen LogP contribution in [0, 0.1) is 5.92 Å². The average Bonchev–Trinajstić information content (AvgIpc) is 3.77. The second-order valence-corrected chi connectivity index (χ2v) is 19.8. The summed E-state index contributed by atoms with van der Waals surface area (Å²) in [5.74, 6) is 2.48. The third-order valence-corrected chi connectivity index (χ3v) is 14.3. The fourth-order valence-electron chi connectivity index (χ4n) is 11.3. The zero-order chi connectivity index (χ0) is 45.3. The lowest BCUT2D eigenvalue weighted by molar-refractivity contribution is -0.132. The van der Waals surface area contributed by atoms with E-state index in [1.165, 1.54) is 24.8 Å². The lowest BCUT2D eigenvalue weighted by atomic mass is 9.70. The average molecular weight is 889 g/mol. The molecule has 2 aliphatic carbocycles. The second kappa shape index (κ2) is 19.2. The number of phenols is 2. The molecule has 348 valence electrons. The summed E-state index contributed by atoms with van der Waals surface area (Å²) in [7, 11) is 1.55. The van der Waals surface area contributed by atoms with Crippen LogP contribution in [0.25, 0.3) is 22.0 Å². The number of benzene rings is 4. The van der Waals surface area contributed by atoms with Gasteiger partial charge in [-0.2, -0.15) is 0 Å². The highest BCUT2D eigenvalue weighted by Crippen LogP contribution is 2.57. The molecule has 1 saturated carbocycles.